The topological polar surface area (TPSA) is 76.9 Å². The van der Waals surface area contributed by atoms with E-state index in [1.807, 2.05) is 43.5 Å². The molecule has 1 unspecified atom stereocenters. The Bertz CT molecular complexity index is 930. The van der Waals surface area contributed by atoms with Crippen LogP contribution < -0.4 is 25.7 Å². The molecule has 33 heavy (non-hydrogen) atoms. The van der Waals surface area contributed by atoms with E-state index in [9.17, 15) is 4.79 Å². The fraction of sp³-hybridized carbons (Fsp3) is 0.520. The van der Waals surface area contributed by atoms with Crippen molar-refractivity contribution in [1.29, 1.82) is 0 Å². The molecule has 7 nitrogen and oxygen atoms in total. The highest BCUT2D eigenvalue weighted by molar-refractivity contribution is 14.0. The maximum Gasteiger partial charge on any atom is 0.250 e. The monoisotopic (exact) mass is 570 g/mol. The molecule has 2 rings (SSSR count). The second-order valence-electron chi connectivity index (χ2n) is 7.56. The molecule has 0 spiro atoms. The number of aliphatic imine (C=N–C) groups is 1. The van der Waals surface area contributed by atoms with Crippen LogP contribution in [0.2, 0.25) is 0 Å². The van der Waals surface area contributed by atoms with E-state index in [2.05, 4.69) is 30.5 Å². The van der Waals surface area contributed by atoms with Crippen molar-refractivity contribution in [3.8, 4) is 11.5 Å². The average Bonchev–Trinajstić information content (AvgIpc) is 2.76. The van der Waals surface area contributed by atoms with Gasteiger partial charge in [0.25, 0.3) is 5.56 Å². The van der Waals surface area contributed by atoms with Crippen LogP contribution >= 0.6 is 24.0 Å². The lowest BCUT2D eigenvalue weighted by atomic mass is 10.1. The van der Waals surface area contributed by atoms with Crippen molar-refractivity contribution in [3.05, 3.63) is 58.0 Å². The van der Waals surface area contributed by atoms with Gasteiger partial charge < -0.3 is 24.7 Å². The normalized spacial score (nSPS) is 12.0. The second-order valence-corrected chi connectivity index (χ2v) is 7.56. The van der Waals surface area contributed by atoms with E-state index >= 15 is 0 Å². The van der Waals surface area contributed by atoms with Crippen LogP contribution in [0.5, 0.6) is 11.5 Å². The molecule has 0 amide bonds. The number of rotatable bonds is 12. The number of unbranched alkanes of at least 4 members (excludes halogenated alkanes) is 1. The highest BCUT2D eigenvalue weighted by atomic mass is 127. The van der Waals surface area contributed by atoms with Crippen molar-refractivity contribution < 1.29 is 9.47 Å². The zero-order valence-corrected chi connectivity index (χ0v) is 22.8. The predicted octanol–water partition coefficient (Wildman–Crippen LogP) is 4.67. The number of nitrogens with zero attached hydrogens (tertiary/aromatic N) is 2. The number of aryl methyl sites for hydroxylation is 1. The van der Waals surface area contributed by atoms with Gasteiger partial charge in [-0.3, -0.25) is 9.79 Å². The lowest BCUT2D eigenvalue weighted by Crippen LogP contribution is -2.38. The van der Waals surface area contributed by atoms with Gasteiger partial charge in [0.1, 0.15) is 0 Å². The molecular weight excluding hydrogens is 531 g/mol. The summed E-state index contributed by atoms with van der Waals surface area (Å²) < 4.78 is 13.2. The summed E-state index contributed by atoms with van der Waals surface area (Å²) in [4.78, 5) is 16.7. The van der Waals surface area contributed by atoms with Gasteiger partial charge in [0, 0.05) is 31.4 Å². The molecule has 0 saturated carbocycles. The predicted molar refractivity (Wildman–Crippen MR) is 146 cm³/mol. The van der Waals surface area contributed by atoms with Gasteiger partial charge in [0.15, 0.2) is 17.5 Å². The van der Waals surface area contributed by atoms with Gasteiger partial charge in [-0.05, 0) is 71.2 Å². The first-order valence-corrected chi connectivity index (χ1v) is 11.6. The molecule has 0 aliphatic carbocycles. The summed E-state index contributed by atoms with van der Waals surface area (Å²) in [5.74, 6) is 2.30. The molecule has 2 aromatic rings. The van der Waals surface area contributed by atoms with Gasteiger partial charge in [-0.2, -0.15) is 0 Å². The first kappa shape index (κ1) is 28.8. The summed E-state index contributed by atoms with van der Waals surface area (Å²) in [6.07, 6.45) is 1.81. The molecule has 2 N–H and O–H groups in total. The van der Waals surface area contributed by atoms with Crippen LogP contribution in [0.4, 0.5) is 0 Å². The minimum Gasteiger partial charge on any atom is -0.490 e. The molecule has 1 aromatic heterocycles. The third kappa shape index (κ3) is 9.27. The Labute approximate surface area is 215 Å². The van der Waals surface area contributed by atoms with Gasteiger partial charge in [-0.1, -0.05) is 12.1 Å². The van der Waals surface area contributed by atoms with Crippen molar-refractivity contribution in [2.45, 2.75) is 60.0 Å². The Morgan fingerprint density at radius 1 is 1.06 bits per heavy atom. The summed E-state index contributed by atoms with van der Waals surface area (Å²) in [7, 11) is 0. The zero-order chi connectivity index (χ0) is 23.3. The zero-order valence-electron chi connectivity index (χ0n) is 20.5. The summed E-state index contributed by atoms with van der Waals surface area (Å²) in [6.45, 7) is 13.4. The molecule has 0 saturated heterocycles. The molecule has 1 atom stereocenters. The third-order valence-corrected chi connectivity index (χ3v) is 5.09. The Kier molecular flexibility index (Phi) is 13.6. The quantitative estimate of drug-likeness (QED) is 0.168. The molecule has 0 aliphatic rings. The molecule has 1 heterocycles. The van der Waals surface area contributed by atoms with Crippen LogP contribution in [-0.2, 0) is 6.54 Å². The Balaban J connectivity index is 0.00000544. The molecule has 1 aromatic carbocycles. The van der Waals surface area contributed by atoms with Crippen LogP contribution in [0.1, 0.15) is 57.8 Å². The van der Waals surface area contributed by atoms with Crippen molar-refractivity contribution in [2.24, 2.45) is 4.99 Å². The summed E-state index contributed by atoms with van der Waals surface area (Å²) in [5, 5.41) is 6.78. The van der Waals surface area contributed by atoms with Gasteiger partial charge in [0.05, 0.1) is 19.3 Å². The van der Waals surface area contributed by atoms with Crippen LogP contribution in [0.15, 0.2) is 46.2 Å². The minimum atomic E-state index is 0. The number of benzene rings is 1. The van der Waals surface area contributed by atoms with Crippen molar-refractivity contribution in [1.82, 2.24) is 15.2 Å². The molecule has 0 radical (unpaired) electrons. The lowest BCUT2D eigenvalue weighted by Gasteiger charge is -2.20. The van der Waals surface area contributed by atoms with Gasteiger partial charge in [-0.25, -0.2) is 0 Å². The number of pyridine rings is 1. The molecule has 8 heteroatoms. The van der Waals surface area contributed by atoms with E-state index in [0.29, 0.717) is 26.3 Å². The third-order valence-electron chi connectivity index (χ3n) is 5.09. The number of aromatic nitrogens is 1. The number of halogens is 1. The van der Waals surface area contributed by atoms with Crippen LogP contribution in [0.25, 0.3) is 0 Å². The number of guanidine groups is 1. The SMILES string of the molecule is CCNC(=NCCCCn1c(C)cccc1=O)NC(C)c1ccc(OCC)c(OCC)c1.I. The summed E-state index contributed by atoms with van der Waals surface area (Å²) >= 11 is 0. The number of ether oxygens (including phenoxy) is 2. The molecule has 0 fully saturated rings. The molecule has 184 valence electrons. The fourth-order valence-electron chi connectivity index (χ4n) is 3.43. The maximum atomic E-state index is 12.0. The van der Waals surface area contributed by atoms with Crippen LogP contribution in [0, 0.1) is 6.92 Å². The lowest BCUT2D eigenvalue weighted by molar-refractivity contribution is 0.287. The number of nitrogens with one attached hydrogen (secondary N) is 2. The largest absolute Gasteiger partial charge is 0.490 e. The van der Waals surface area contributed by atoms with E-state index < -0.39 is 0 Å². The van der Waals surface area contributed by atoms with Crippen LogP contribution in [-0.4, -0.2) is 36.8 Å². The van der Waals surface area contributed by atoms with Gasteiger partial charge in [-0.15, -0.1) is 24.0 Å². The molecule has 0 bridgehead atoms. The van der Waals surface area contributed by atoms with Gasteiger partial charge >= 0.3 is 0 Å². The minimum absolute atomic E-state index is 0. The number of hydrogen-bond acceptors (Lipinski definition) is 4. The highest BCUT2D eigenvalue weighted by Crippen LogP contribution is 2.30. The number of hydrogen-bond donors (Lipinski definition) is 2. The Hall–Kier alpha value is -2.23. The van der Waals surface area contributed by atoms with Crippen molar-refractivity contribution in [3.63, 3.8) is 0 Å². The standard InChI is InChI=1S/C25H38N4O3.HI/c1-6-26-25(27-16-9-10-17-29-19(4)12-11-13-24(29)30)28-20(5)21-14-15-22(31-7-2)23(18-21)32-8-3;/h11-15,18,20H,6-10,16-17H2,1-5H3,(H2,26,27,28);1H. The van der Waals surface area contributed by atoms with E-state index in [1.54, 1.807) is 12.1 Å². The van der Waals surface area contributed by atoms with E-state index in [4.69, 9.17) is 14.5 Å². The summed E-state index contributed by atoms with van der Waals surface area (Å²) in [6, 6.07) is 11.5. The fourth-order valence-corrected chi connectivity index (χ4v) is 3.43. The Morgan fingerprint density at radius 3 is 2.45 bits per heavy atom. The average molecular weight is 571 g/mol. The van der Waals surface area contributed by atoms with Gasteiger partial charge in [0.2, 0.25) is 0 Å². The first-order valence-electron chi connectivity index (χ1n) is 11.6. The van der Waals surface area contributed by atoms with E-state index in [-0.39, 0.29) is 35.6 Å². The van der Waals surface area contributed by atoms with Crippen LogP contribution in [0.3, 0.4) is 0 Å². The molecular formula is C25H39IN4O3. The first-order chi connectivity index (χ1) is 15.5. The smallest absolute Gasteiger partial charge is 0.250 e. The van der Waals surface area contributed by atoms with E-state index in [1.165, 1.54) is 0 Å². The van der Waals surface area contributed by atoms with Crippen molar-refractivity contribution in [2.75, 3.05) is 26.3 Å². The summed E-state index contributed by atoms with van der Waals surface area (Å²) in [5.41, 5.74) is 2.15. The maximum absolute atomic E-state index is 12.0. The van der Waals surface area contributed by atoms with E-state index in [0.717, 1.165) is 48.1 Å². The Morgan fingerprint density at radius 2 is 1.79 bits per heavy atom. The second kappa shape index (κ2) is 15.6. The van der Waals surface area contributed by atoms with Crippen molar-refractivity contribution >= 4 is 29.9 Å². The molecule has 0 aliphatic heterocycles. The highest BCUT2D eigenvalue weighted by Gasteiger charge is 2.12.